The predicted octanol–water partition coefficient (Wildman–Crippen LogP) is 10.1. The molecule has 1 unspecified atom stereocenters. The zero-order valence-electron chi connectivity index (χ0n) is 31.6. The summed E-state index contributed by atoms with van der Waals surface area (Å²) in [6.07, 6.45) is 5.66. The van der Waals surface area contributed by atoms with Crippen LogP contribution in [0.25, 0.3) is 34.0 Å². The standard InChI is InChI=1S/C47H41ClN6O3/c1-3-10-41(53-46(56)36(28-49)26-38-22-20-32-13-8-17-40(48)44(32)51-38)35-16-7-15-34(25-35)30(2)19-24-42(31-11-5-4-6-12-31)54-47(57)37(29-50)27-39-23-21-33-14-9-18-43(55)45(33)52-39/h4-9,11-18,20-23,25-27,30,41-42,55H,3,10,19,24H2,1-2H3,(H,53,56)(H,54,57)/b36-26+,37-27+/t30?,41-,42-/m0/s1. The van der Waals surface area contributed by atoms with Gasteiger partial charge in [0.25, 0.3) is 11.8 Å². The number of nitriles is 2. The molecule has 4 aromatic carbocycles. The van der Waals surface area contributed by atoms with Gasteiger partial charge in [-0.15, -0.1) is 0 Å². The van der Waals surface area contributed by atoms with Gasteiger partial charge in [0, 0.05) is 10.8 Å². The molecule has 284 valence electrons. The van der Waals surface area contributed by atoms with Crippen molar-refractivity contribution in [2.24, 2.45) is 0 Å². The molecule has 6 aromatic rings. The largest absolute Gasteiger partial charge is 0.506 e. The van der Waals surface area contributed by atoms with Gasteiger partial charge < -0.3 is 15.7 Å². The molecule has 0 spiro atoms. The molecule has 0 aliphatic rings. The van der Waals surface area contributed by atoms with Gasteiger partial charge in [-0.2, -0.15) is 10.5 Å². The molecule has 10 heteroatoms. The van der Waals surface area contributed by atoms with Crippen molar-refractivity contribution >= 4 is 57.4 Å². The Labute approximate surface area is 337 Å². The van der Waals surface area contributed by atoms with Crippen LogP contribution in [0.2, 0.25) is 5.02 Å². The minimum absolute atomic E-state index is 0.0161. The molecule has 2 aromatic heterocycles. The molecule has 57 heavy (non-hydrogen) atoms. The van der Waals surface area contributed by atoms with E-state index in [0.29, 0.717) is 46.7 Å². The molecule has 0 saturated carbocycles. The third-order valence-corrected chi connectivity index (χ3v) is 10.2. The van der Waals surface area contributed by atoms with Crippen molar-refractivity contribution in [1.82, 2.24) is 20.6 Å². The highest BCUT2D eigenvalue weighted by Crippen LogP contribution is 2.30. The molecule has 0 saturated heterocycles. The molecular formula is C47H41ClN6O3. The lowest BCUT2D eigenvalue weighted by molar-refractivity contribution is -0.118. The Balaban J connectivity index is 1.16. The summed E-state index contributed by atoms with van der Waals surface area (Å²) < 4.78 is 0. The number of nitrogens with zero attached hydrogens (tertiary/aromatic N) is 4. The Morgan fingerprint density at radius 2 is 1.23 bits per heavy atom. The smallest absolute Gasteiger partial charge is 0.262 e. The van der Waals surface area contributed by atoms with Crippen LogP contribution >= 0.6 is 11.6 Å². The summed E-state index contributed by atoms with van der Waals surface area (Å²) in [6.45, 7) is 4.17. The minimum atomic E-state index is -0.524. The van der Waals surface area contributed by atoms with Crippen molar-refractivity contribution in [1.29, 1.82) is 10.5 Å². The lowest BCUT2D eigenvalue weighted by atomic mass is 9.89. The highest BCUT2D eigenvalue weighted by atomic mass is 35.5. The van der Waals surface area contributed by atoms with Gasteiger partial charge in [0.05, 0.1) is 34.0 Å². The van der Waals surface area contributed by atoms with E-state index < -0.39 is 11.8 Å². The number of benzene rings is 4. The fourth-order valence-corrected chi connectivity index (χ4v) is 7.01. The van der Waals surface area contributed by atoms with E-state index in [1.807, 2.05) is 85.8 Å². The van der Waals surface area contributed by atoms with Crippen LogP contribution < -0.4 is 10.6 Å². The van der Waals surface area contributed by atoms with Crippen molar-refractivity contribution < 1.29 is 14.7 Å². The first kappa shape index (κ1) is 39.9. The molecule has 0 radical (unpaired) electrons. The average Bonchev–Trinajstić information content (AvgIpc) is 3.23. The van der Waals surface area contributed by atoms with E-state index in [1.54, 1.807) is 30.3 Å². The normalized spacial score (nSPS) is 13.3. The van der Waals surface area contributed by atoms with Crippen LogP contribution in [-0.2, 0) is 9.59 Å². The second-order valence-corrected chi connectivity index (χ2v) is 14.3. The topological polar surface area (TPSA) is 152 Å². The van der Waals surface area contributed by atoms with Crippen LogP contribution in [0.1, 0.15) is 85.6 Å². The van der Waals surface area contributed by atoms with Crippen LogP contribution in [0, 0.1) is 22.7 Å². The minimum Gasteiger partial charge on any atom is -0.506 e. The number of carbonyl (C=O) groups is 2. The third-order valence-electron chi connectivity index (χ3n) is 9.89. The summed E-state index contributed by atoms with van der Waals surface area (Å²) in [7, 11) is 0. The zero-order chi connectivity index (χ0) is 40.3. The van der Waals surface area contributed by atoms with Gasteiger partial charge in [0.15, 0.2) is 0 Å². The second kappa shape index (κ2) is 18.7. The number of phenols is 1. The van der Waals surface area contributed by atoms with Gasteiger partial charge in [0.2, 0.25) is 0 Å². The Morgan fingerprint density at radius 1 is 0.684 bits per heavy atom. The maximum atomic E-state index is 13.6. The van der Waals surface area contributed by atoms with Gasteiger partial charge in [-0.25, -0.2) is 9.97 Å². The molecule has 0 fully saturated rings. The van der Waals surface area contributed by atoms with Crippen molar-refractivity contribution in [3.05, 3.63) is 160 Å². The van der Waals surface area contributed by atoms with E-state index in [2.05, 4.69) is 39.7 Å². The highest BCUT2D eigenvalue weighted by Gasteiger charge is 2.22. The molecular weight excluding hydrogens is 732 g/mol. The summed E-state index contributed by atoms with van der Waals surface area (Å²) in [4.78, 5) is 36.1. The first-order valence-corrected chi connectivity index (χ1v) is 19.2. The van der Waals surface area contributed by atoms with E-state index in [1.165, 1.54) is 18.2 Å². The number of rotatable bonds is 14. The first-order valence-electron chi connectivity index (χ1n) is 18.8. The van der Waals surface area contributed by atoms with E-state index >= 15 is 0 Å². The molecule has 6 rings (SSSR count). The quantitative estimate of drug-likeness (QED) is 0.0736. The number of aromatic hydroxyl groups is 1. The number of phenolic OH excluding ortho intramolecular Hbond substituents is 1. The number of amides is 2. The van der Waals surface area contributed by atoms with Crippen LogP contribution in [0.3, 0.4) is 0 Å². The summed E-state index contributed by atoms with van der Waals surface area (Å²) >= 11 is 6.35. The number of hydrogen-bond donors (Lipinski definition) is 3. The van der Waals surface area contributed by atoms with Gasteiger partial charge in [-0.1, -0.05) is 123 Å². The number of nitrogens with one attached hydrogen (secondary N) is 2. The molecule has 2 heterocycles. The van der Waals surface area contributed by atoms with Gasteiger partial charge in [-0.3, -0.25) is 9.59 Å². The number of para-hydroxylation sites is 2. The Kier molecular flexibility index (Phi) is 13.1. The monoisotopic (exact) mass is 772 g/mol. The van der Waals surface area contributed by atoms with E-state index in [0.717, 1.165) is 33.9 Å². The molecule has 9 nitrogen and oxygen atoms in total. The lowest BCUT2D eigenvalue weighted by Gasteiger charge is -2.23. The Hall–Kier alpha value is -6.81. The summed E-state index contributed by atoms with van der Waals surface area (Å²) in [5, 5.41) is 38.5. The fourth-order valence-electron chi connectivity index (χ4n) is 6.78. The molecule has 3 atom stereocenters. The van der Waals surface area contributed by atoms with E-state index in [4.69, 9.17) is 11.6 Å². The zero-order valence-corrected chi connectivity index (χ0v) is 32.4. The van der Waals surface area contributed by atoms with Crippen LogP contribution in [0.4, 0.5) is 0 Å². The summed E-state index contributed by atoms with van der Waals surface area (Å²) in [5.74, 6) is -0.921. The van der Waals surface area contributed by atoms with Crippen molar-refractivity contribution in [3.63, 3.8) is 0 Å². The average molecular weight is 773 g/mol. The van der Waals surface area contributed by atoms with E-state index in [-0.39, 0.29) is 34.9 Å². The maximum Gasteiger partial charge on any atom is 0.262 e. The highest BCUT2D eigenvalue weighted by molar-refractivity contribution is 6.35. The number of fused-ring (bicyclic) bond motifs is 2. The molecule has 0 aliphatic heterocycles. The van der Waals surface area contributed by atoms with Gasteiger partial charge in [0.1, 0.15) is 34.6 Å². The Morgan fingerprint density at radius 3 is 1.86 bits per heavy atom. The maximum absolute atomic E-state index is 13.6. The fraction of sp³-hybridized carbons (Fsp3) is 0.191. The van der Waals surface area contributed by atoms with E-state index in [9.17, 15) is 25.2 Å². The van der Waals surface area contributed by atoms with Crippen molar-refractivity contribution in [2.45, 2.75) is 57.5 Å². The molecule has 2 amide bonds. The van der Waals surface area contributed by atoms with Crippen molar-refractivity contribution in [2.75, 3.05) is 0 Å². The molecule has 3 N–H and O–H groups in total. The van der Waals surface area contributed by atoms with Crippen LogP contribution in [0.15, 0.2) is 126 Å². The number of hydrogen-bond acceptors (Lipinski definition) is 7. The third kappa shape index (κ3) is 9.90. The summed E-state index contributed by atoms with van der Waals surface area (Å²) in [5.41, 5.74) is 4.56. The second-order valence-electron chi connectivity index (χ2n) is 13.9. The molecule has 0 aliphatic carbocycles. The molecule has 0 bridgehead atoms. The number of carbonyl (C=O) groups excluding carboxylic acids is 2. The SMILES string of the molecule is CCC[C@H](NC(=O)/C(C#N)=C/c1ccc2cccc(Cl)c2n1)c1cccc(C(C)CC[C@H](NC(=O)/C(C#N)=C/c2ccc3cccc(O)c3n2)c2ccccc2)c1. The Bertz CT molecular complexity index is 2570. The predicted molar refractivity (Wildman–Crippen MR) is 225 cm³/mol. The van der Waals surface area contributed by atoms with Crippen LogP contribution in [0.5, 0.6) is 5.75 Å². The summed E-state index contributed by atoms with van der Waals surface area (Å²) in [6, 6.07) is 38.7. The first-order chi connectivity index (χ1) is 27.7. The van der Waals surface area contributed by atoms with Gasteiger partial charge >= 0.3 is 0 Å². The number of halogens is 1. The lowest BCUT2D eigenvalue weighted by Crippen LogP contribution is -2.30. The van der Waals surface area contributed by atoms with Crippen molar-refractivity contribution in [3.8, 4) is 17.9 Å². The van der Waals surface area contributed by atoms with Crippen LogP contribution in [-0.4, -0.2) is 26.9 Å². The van der Waals surface area contributed by atoms with Gasteiger partial charge in [-0.05, 0) is 78.3 Å². The number of pyridine rings is 2. The number of aromatic nitrogens is 2.